The van der Waals surface area contributed by atoms with E-state index in [1.807, 2.05) is 30.3 Å². The van der Waals surface area contributed by atoms with E-state index in [9.17, 15) is 14.7 Å². The lowest BCUT2D eigenvalue weighted by Gasteiger charge is -2.07. The highest BCUT2D eigenvalue weighted by Gasteiger charge is 2.21. The third-order valence-corrected chi connectivity index (χ3v) is 5.55. The van der Waals surface area contributed by atoms with Crippen LogP contribution in [0, 0.1) is 0 Å². The van der Waals surface area contributed by atoms with Crippen LogP contribution in [0.4, 0.5) is 5.00 Å². The predicted molar refractivity (Wildman–Crippen MR) is 114 cm³/mol. The SMILES string of the molecule is O=C(Nc1scc(-c2ccc(Cl)cc2)c1C(=O)O)c1ccc2ccccc2c1. The number of hydrogen-bond donors (Lipinski definition) is 2. The van der Waals surface area contributed by atoms with Gasteiger partial charge in [0.2, 0.25) is 0 Å². The van der Waals surface area contributed by atoms with Crippen LogP contribution in [-0.4, -0.2) is 17.0 Å². The Bertz CT molecular complexity index is 1200. The molecule has 138 valence electrons. The van der Waals surface area contributed by atoms with Gasteiger partial charge in [-0.1, -0.05) is 54.1 Å². The zero-order valence-electron chi connectivity index (χ0n) is 14.5. The van der Waals surface area contributed by atoms with Crippen molar-refractivity contribution >= 4 is 50.6 Å². The van der Waals surface area contributed by atoms with Crippen molar-refractivity contribution in [1.29, 1.82) is 0 Å². The number of rotatable bonds is 4. The molecule has 0 fully saturated rings. The van der Waals surface area contributed by atoms with Gasteiger partial charge in [0.1, 0.15) is 10.6 Å². The van der Waals surface area contributed by atoms with E-state index in [1.54, 1.807) is 41.8 Å². The molecule has 4 nitrogen and oxygen atoms in total. The van der Waals surface area contributed by atoms with E-state index in [1.165, 1.54) is 11.3 Å². The third-order valence-electron chi connectivity index (χ3n) is 4.40. The van der Waals surface area contributed by atoms with Crippen LogP contribution in [-0.2, 0) is 0 Å². The van der Waals surface area contributed by atoms with Crippen LogP contribution in [0.5, 0.6) is 0 Å². The number of carbonyl (C=O) groups is 2. The molecular weight excluding hydrogens is 394 g/mol. The molecule has 0 bridgehead atoms. The number of fused-ring (bicyclic) bond motifs is 1. The van der Waals surface area contributed by atoms with Crippen LogP contribution >= 0.6 is 22.9 Å². The standard InChI is InChI=1S/C22H14ClNO3S/c23-17-9-7-14(8-10-17)18-12-28-21(19(18)22(26)27)24-20(25)16-6-5-13-3-1-2-4-15(13)11-16/h1-12H,(H,24,25)(H,26,27). The van der Waals surface area contributed by atoms with Crippen molar-refractivity contribution in [3.8, 4) is 11.1 Å². The first kappa shape index (κ1) is 18.2. The molecule has 2 N–H and O–H groups in total. The van der Waals surface area contributed by atoms with Crippen molar-refractivity contribution in [2.45, 2.75) is 0 Å². The summed E-state index contributed by atoms with van der Waals surface area (Å²) in [7, 11) is 0. The minimum atomic E-state index is -1.10. The molecule has 3 aromatic carbocycles. The van der Waals surface area contributed by atoms with Crippen LogP contribution < -0.4 is 5.32 Å². The van der Waals surface area contributed by atoms with E-state index in [-0.39, 0.29) is 11.5 Å². The smallest absolute Gasteiger partial charge is 0.339 e. The number of aromatic carboxylic acids is 1. The van der Waals surface area contributed by atoms with Gasteiger partial charge < -0.3 is 10.4 Å². The number of carbonyl (C=O) groups excluding carboxylic acids is 1. The summed E-state index contributed by atoms with van der Waals surface area (Å²) in [6.45, 7) is 0. The summed E-state index contributed by atoms with van der Waals surface area (Å²) in [5, 5.41) is 17.0. The molecule has 0 atom stereocenters. The minimum absolute atomic E-state index is 0.0708. The predicted octanol–water partition coefficient (Wildman–Crippen LogP) is 6.17. The van der Waals surface area contributed by atoms with Gasteiger partial charge in [-0.25, -0.2) is 4.79 Å². The van der Waals surface area contributed by atoms with Gasteiger partial charge in [0, 0.05) is 21.5 Å². The summed E-state index contributed by atoms with van der Waals surface area (Å²) < 4.78 is 0. The Labute approximate surface area is 170 Å². The van der Waals surface area contributed by atoms with Crippen LogP contribution in [0.1, 0.15) is 20.7 Å². The van der Waals surface area contributed by atoms with Crippen molar-refractivity contribution in [3.05, 3.63) is 88.3 Å². The average molecular weight is 408 g/mol. The lowest BCUT2D eigenvalue weighted by molar-refractivity contribution is 0.0699. The van der Waals surface area contributed by atoms with Gasteiger partial charge in [0.15, 0.2) is 0 Å². The molecular formula is C22H14ClNO3S. The molecule has 0 saturated carbocycles. The number of nitrogens with one attached hydrogen (secondary N) is 1. The van der Waals surface area contributed by atoms with E-state index >= 15 is 0 Å². The fraction of sp³-hybridized carbons (Fsp3) is 0. The molecule has 1 heterocycles. The topological polar surface area (TPSA) is 66.4 Å². The van der Waals surface area contributed by atoms with Crippen LogP contribution in [0.3, 0.4) is 0 Å². The Kier molecular flexibility index (Phi) is 4.86. The van der Waals surface area contributed by atoms with Crippen molar-refractivity contribution < 1.29 is 14.7 Å². The minimum Gasteiger partial charge on any atom is -0.478 e. The molecule has 28 heavy (non-hydrogen) atoms. The largest absolute Gasteiger partial charge is 0.478 e. The molecule has 0 unspecified atom stereocenters. The van der Waals surface area contributed by atoms with Gasteiger partial charge in [0.25, 0.3) is 5.91 Å². The average Bonchev–Trinajstić information content (AvgIpc) is 3.12. The molecule has 1 aromatic heterocycles. The highest BCUT2D eigenvalue weighted by atomic mass is 35.5. The number of thiophene rings is 1. The van der Waals surface area contributed by atoms with E-state index in [0.29, 0.717) is 21.2 Å². The second-order valence-corrected chi connectivity index (χ2v) is 7.50. The molecule has 4 rings (SSSR count). The summed E-state index contributed by atoms with van der Waals surface area (Å²) in [5.74, 6) is -1.45. The molecule has 6 heteroatoms. The molecule has 0 aliphatic carbocycles. The van der Waals surface area contributed by atoms with Gasteiger partial charge in [0.05, 0.1) is 0 Å². The van der Waals surface area contributed by atoms with Gasteiger partial charge >= 0.3 is 5.97 Å². The van der Waals surface area contributed by atoms with Crippen molar-refractivity contribution in [3.63, 3.8) is 0 Å². The van der Waals surface area contributed by atoms with E-state index in [2.05, 4.69) is 5.32 Å². The van der Waals surface area contributed by atoms with E-state index < -0.39 is 5.97 Å². The summed E-state index contributed by atoms with van der Waals surface area (Å²) in [5.41, 5.74) is 1.81. The summed E-state index contributed by atoms with van der Waals surface area (Å²) in [6, 6.07) is 20.0. The number of halogens is 1. The third kappa shape index (κ3) is 3.50. The fourth-order valence-electron chi connectivity index (χ4n) is 3.01. The normalized spacial score (nSPS) is 10.8. The molecule has 0 spiro atoms. The maximum atomic E-state index is 12.7. The number of anilines is 1. The highest BCUT2D eigenvalue weighted by molar-refractivity contribution is 7.15. The van der Waals surface area contributed by atoms with E-state index in [0.717, 1.165) is 16.3 Å². The summed E-state index contributed by atoms with van der Waals surface area (Å²) in [6.07, 6.45) is 0. The Hall–Kier alpha value is -3.15. The number of hydrogen-bond acceptors (Lipinski definition) is 3. The first-order valence-electron chi connectivity index (χ1n) is 8.44. The number of amides is 1. The number of benzene rings is 3. The van der Waals surface area contributed by atoms with Crippen LogP contribution in [0.2, 0.25) is 5.02 Å². The Morgan fingerprint density at radius 1 is 0.929 bits per heavy atom. The number of carboxylic acid groups (broad SMARTS) is 1. The van der Waals surface area contributed by atoms with Crippen LogP contribution in [0.25, 0.3) is 21.9 Å². The van der Waals surface area contributed by atoms with Gasteiger partial charge in [-0.15, -0.1) is 11.3 Å². The Morgan fingerprint density at radius 2 is 1.64 bits per heavy atom. The second-order valence-electron chi connectivity index (χ2n) is 6.18. The summed E-state index contributed by atoms with van der Waals surface area (Å²) >= 11 is 7.10. The van der Waals surface area contributed by atoms with Crippen molar-refractivity contribution in [2.75, 3.05) is 5.32 Å². The highest BCUT2D eigenvalue weighted by Crippen LogP contribution is 2.36. The quantitative estimate of drug-likeness (QED) is 0.425. The van der Waals surface area contributed by atoms with Gasteiger partial charge in [-0.3, -0.25) is 4.79 Å². The molecule has 0 radical (unpaired) electrons. The second kappa shape index (κ2) is 7.46. The molecule has 4 aromatic rings. The molecule has 0 aliphatic rings. The van der Waals surface area contributed by atoms with Crippen molar-refractivity contribution in [1.82, 2.24) is 0 Å². The lowest BCUT2D eigenvalue weighted by atomic mass is 10.0. The fourth-order valence-corrected chi connectivity index (χ4v) is 4.09. The molecule has 1 amide bonds. The van der Waals surface area contributed by atoms with Crippen molar-refractivity contribution in [2.24, 2.45) is 0 Å². The molecule has 0 saturated heterocycles. The number of carboxylic acids is 1. The monoisotopic (exact) mass is 407 g/mol. The lowest BCUT2D eigenvalue weighted by Crippen LogP contribution is -2.13. The first-order valence-corrected chi connectivity index (χ1v) is 9.69. The van der Waals surface area contributed by atoms with Gasteiger partial charge in [-0.2, -0.15) is 0 Å². The molecule has 0 aliphatic heterocycles. The zero-order valence-corrected chi connectivity index (χ0v) is 16.1. The zero-order chi connectivity index (χ0) is 19.7. The maximum Gasteiger partial charge on any atom is 0.339 e. The first-order chi connectivity index (χ1) is 13.5. The Balaban J connectivity index is 1.68. The Morgan fingerprint density at radius 3 is 2.36 bits per heavy atom. The van der Waals surface area contributed by atoms with Crippen LogP contribution in [0.15, 0.2) is 72.1 Å². The van der Waals surface area contributed by atoms with E-state index in [4.69, 9.17) is 11.6 Å². The summed E-state index contributed by atoms with van der Waals surface area (Å²) in [4.78, 5) is 24.6. The van der Waals surface area contributed by atoms with Gasteiger partial charge in [-0.05, 0) is 40.6 Å². The maximum absolute atomic E-state index is 12.7.